The number of nitrogens with zero attached hydrogens (tertiary/aromatic N) is 2. The normalized spacial score (nSPS) is 20.6. The maximum Gasteiger partial charge on any atom is 0.231 e. The van der Waals surface area contributed by atoms with E-state index in [4.69, 9.17) is 0 Å². The maximum absolute atomic E-state index is 12.7. The Balaban J connectivity index is 1.86. The Morgan fingerprint density at radius 2 is 1.96 bits per heavy atom. The molecule has 0 bridgehead atoms. The maximum atomic E-state index is 12.7. The summed E-state index contributed by atoms with van der Waals surface area (Å²) < 4.78 is 0. The Labute approximate surface area is 135 Å². The molecule has 118 valence electrons. The van der Waals surface area contributed by atoms with Crippen molar-refractivity contribution in [3.05, 3.63) is 59.8 Å². The fourth-order valence-electron chi connectivity index (χ4n) is 3.04. The van der Waals surface area contributed by atoms with Gasteiger partial charge in [-0.3, -0.25) is 9.59 Å². The van der Waals surface area contributed by atoms with E-state index in [1.807, 2.05) is 49.4 Å². The minimum absolute atomic E-state index is 0.0169. The van der Waals surface area contributed by atoms with Crippen LogP contribution in [-0.2, 0) is 9.59 Å². The summed E-state index contributed by atoms with van der Waals surface area (Å²) in [6.07, 6.45) is 1.86. The molecule has 0 spiro atoms. The highest BCUT2D eigenvalue weighted by molar-refractivity contribution is 5.97. The van der Waals surface area contributed by atoms with Gasteiger partial charge in [0.15, 0.2) is 0 Å². The van der Waals surface area contributed by atoms with Crippen LogP contribution in [0.3, 0.4) is 0 Å². The largest absolute Gasteiger partial charge is 0.338 e. The lowest BCUT2D eigenvalue weighted by Crippen LogP contribution is -2.30. The number of rotatable bonds is 3. The second kappa shape index (κ2) is 6.20. The number of pyridine rings is 1. The van der Waals surface area contributed by atoms with Crippen molar-refractivity contribution in [1.82, 2.24) is 9.88 Å². The molecule has 0 radical (unpaired) electrons. The van der Waals surface area contributed by atoms with Crippen LogP contribution in [0, 0.1) is 12.8 Å². The van der Waals surface area contributed by atoms with Gasteiger partial charge in [0.05, 0.1) is 12.0 Å². The fraction of sp³-hybridized carbons (Fsp3) is 0.278. The van der Waals surface area contributed by atoms with Crippen molar-refractivity contribution in [2.75, 3.05) is 12.4 Å². The average Bonchev–Trinajstić information content (AvgIpc) is 2.86. The van der Waals surface area contributed by atoms with Gasteiger partial charge in [0, 0.05) is 19.7 Å². The van der Waals surface area contributed by atoms with Gasteiger partial charge in [0.2, 0.25) is 11.8 Å². The second-order valence-electron chi connectivity index (χ2n) is 5.83. The lowest BCUT2D eigenvalue weighted by Gasteiger charge is -2.25. The van der Waals surface area contributed by atoms with Gasteiger partial charge in [0.25, 0.3) is 0 Å². The van der Waals surface area contributed by atoms with E-state index in [0.717, 1.165) is 11.1 Å². The summed E-state index contributed by atoms with van der Waals surface area (Å²) in [5.74, 6) is -0.0577. The summed E-state index contributed by atoms with van der Waals surface area (Å²) >= 11 is 0. The number of benzene rings is 1. The van der Waals surface area contributed by atoms with Crippen LogP contribution in [0.15, 0.2) is 48.7 Å². The quantitative estimate of drug-likeness (QED) is 0.948. The summed E-state index contributed by atoms with van der Waals surface area (Å²) in [5.41, 5.74) is 1.87. The molecule has 0 saturated carbocycles. The van der Waals surface area contributed by atoms with Crippen molar-refractivity contribution in [1.29, 1.82) is 0 Å². The van der Waals surface area contributed by atoms with Crippen LogP contribution in [0.25, 0.3) is 0 Å². The molecule has 2 heterocycles. The molecule has 1 aliphatic heterocycles. The molecule has 1 aliphatic rings. The van der Waals surface area contributed by atoms with E-state index in [1.54, 1.807) is 18.1 Å². The van der Waals surface area contributed by atoms with Gasteiger partial charge in [-0.2, -0.15) is 0 Å². The van der Waals surface area contributed by atoms with Crippen molar-refractivity contribution in [2.24, 2.45) is 5.92 Å². The Hall–Kier alpha value is -2.69. The summed E-state index contributed by atoms with van der Waals surface area (Å²) in [6, 6.07) is 13.1. The highest BCUT2D eigenvalue weighted by Crippen LogP contribution is 2.37. The molecular formula is C18H19N3O2. The molecule has 2 atom stereocenters. The molecule has 0 aliphatic carbocycles. The van der Waals surface area contributed by atoms with E-state index >= 15 is 0 Å². The molecule has 2 amide bonds. The predicted octanol–water partition coefficient (Wildman–Crippen LogP) is 2.55. The number of amides is 2. The monoisotopic (exact) mass is 309 g/mol. The molecule has 1 aromatic carbocycles. The third kappa shape index (κ3) is 2.95. The van der Waals surface area contributed by atoms with Crippen LogP contribution in [0.1, 0.15) is 23.6 Å². The van der Waals surface area contributed by atoms with Gasteiger partial charge in [-0.25, -0.2) is 4.98 Å². The Kier molecular flexibility index (Phi) is 4.10. The molecular weight excluding hydrogens is 290 g/mol. The minimum Gasteiger partial charge on any atom is -0.338 e. The zero-order valence-electron chi connectivity index (χ0n) is 13.2. The number of nitrogens with one attached hydrogen (secondary N) is 1. The van der Waals surface area contributed by atoms with Gasteiger partial charge >= 0.3 is 0 Å². The van der Waals surface area contributed by atoms with Gasteiger partial charge < -0.3 is 10.2 Å². The first-order valence-corrected chi connectivity index (χ1v) is 7.61. The van der Waals surface area contributed by atoms with Gasteiger partial charge in [-0.05, 0) is 24.1 Å². The van der Waals surface area contributed by atoms with Gasteiger partial charge in [-0.1, -0.05) is 36.4 Å². The predicted molar refractivity (Wildman–Crippen MR) is 87.7 cm³/mol. The highest BCUT2D eigenvalue weighted by Gasteiger charge is 2.42. The topological polar surface area (TPSA) is 62.3 Å². The van der Waals surface area contributed by atoms with Crippen molar-refractivity contribution in [3.63, 3.8) is 0 Å². The molecule has 1 fully saturated rings. The summed E-state index contributed by atoms with van der Waals surface area (Å²) in [5, 5.41) is 2.86. The fourth-order valence-corrected chi connectivity index (χ4v) is 3.04. The van der Waals surface area contributed by atoms with E-state index in [2.05, 4.69) is 10.3 Å². The third-order valence-electron chi connectivity index (χ3n) is 4.32. The first kappa shape index (κ1) is 15.2. The SMILES string of the molecule is Cc1cccnc1NC(=O)[C@H]1CC(=O)N(C)[C@@H]1c1ccccc1. The van der Waals surface area contributed by atoms with Crippen LogP contribution < -0.4 is 5.32 Å². The molecule has 1 aromatic heterocycles. The van der Waals surface area contributed by atoms with E-state index in [-0.39, 0.29) is 24.3 Å². The Morgan fingerprint density at radius 1 is 1.22 bits per heavy atom. The number of anilines is 1. The van der Waals surface area contributed by atoms with Gasteiger partial charge in [0.1, 0.15) is 5.82 Å². The molecule has 23 heavy (non-hydrogen) atoms. The van der Waals surface area contributed by atoms with E-state index < -0.39 is 5.92 Å². The molecule has 1 saturated heterocycles. The molecule has 5 heteroatoms. The number of aryl methyl sites for hydroxylation is 1. The number of hydrogen-bond donors (Lipinski definition) is 1. The second-order valence-corrected chi connectivity index (χ2v) is 5.83. The number of hydrogen-bond acceptors (Lipinski definition) is 3. The lowest BCUT2D eigenvalue weighted by molar-refractivity contribution is -0.127. The van der Waals surface area contributed by atoms with E-state index in [9.17, 15) is 9.59 Å². The molecule has 3 rings (SSSR count). The van der Waals surface area contributed by atoms with Crippen LogP contribution in [0.4, 0.5) is 5.82 Å². The molecule has 1 N–H and O–H groups in total. The average molecular weight is 309 g/mol. The number of aromatic nitrogens is 1. The Bertz CT molecular complexity index is 730. The summed E-state index contributed by atoms with van der Waals surface area (Å²) in [7, 11) is 1.75. The first-order valence-electron chi connectivity index (χ1n) is 7.61. The zero-order valence-corrected chi connectivity index (χ0v) is 13.2. The van der Waals surface area contributed by atoms with Crippen LogP contribution in [0.2, 0.25) is 0 Å². The summed E-state index contributed by atoms with van der Waals surface area (Å²) in [4.78, 5) is 30.7. The molecule has 0 unspecified atom stereocenters. The number of likely N-dealkylation sites (tertiary alicyclic amines) is 1. The van der Waals surface area contributed by atoms with Crippen molar-refractivity contribution in [3.8, 4) is 0 Å². The number of carbonyl (C=O) groups excluding carboxylic acids is 2. The highest BCUT2D eigenvalue weighted by atomic mass is 16.2. The van der Waals surface area contributed by atoms with Crippen LogP contribution in [-0.4, -0.2) is 28.7 Å². The summed E-state index contributed by atoms with van der Waals surface area (Å²) in [6.45, 7) is 1.89. The first-order chi connectivity index (χ1) is 11.1. The smallest absolute Gasteiger partial charge is 0.231 e. The Morgan fingerprint density at radius 3 is 2.65 bits per heavy atom. The van der Waals surface area contributed by atoms with Gasteiger partial charge in [-0.15, -0.1) is 0 Å². The molecule has 5 nitrogen and oxygen atoms in total. The zero-order chi connectivity index (χ0) is 16.4. The van der Waals surface area contributed by atoms with Crippen molar-refractivity contribution >= 4 is 17.6 Å². The lowest BCUT2D eigenvalue weighted by atomic mass is 9.93. The number of carbonyl (C=O) groups is 2. The van der Waals surface area contributed by atoms with E-state index in [1.165, 1.54) is 0 Å². The third-order valence-corrected chi connectivity index (χ3v) is 4.32. The minimum atomic E-state index is -0.420. The standard InChI is InChI=1S/C18H19N3O2/c1-12-7-6-10-19-17(12)20-18(23)14-11-15(22)21(2)16(14)13-8-4-3-5-9-13/h3-10,14,16H,11H2,1-2H3,(H,19,20,23)/t14-,16+/m0/s1. The van der Waals surface area contributed by atoms with Crippen LogP contribution >= 0.6 is 0 Å². The van der Waals surface area contributed by atoms with E-state index in [0.29, 0.717) is 5.82 Å². The molecule has 2 aromatic rings. The van der Waals surface area contributed by atoms with Crippen molar-refractivity contribution in [2.45, 2.75) is 19.4 Å². The van der Waals surface area contributed by atoms with Crippen molar-refractivity contribution < 1.29 is 9.59 Å². The van der Waals surface area contributed by atoms with Crippen LogP contribution in [0.5, 0.6) is 0 Å².